The van der Waals surface area contributed by atoms with Crippen LogP contribution in [0.4, 0.5) is 0 Å². The van der Waals surface area contributed by atoms with Crippen LogP contribution in [-0.2, 0) is 4.79 Å². The zero-order valence-corrected chi connectivity index (χ0v) is 12.8. The highest BCUT2D eigenvalue weighted by molar-refractivity contribution is 6.04. The smallest absolute Gasteiger partial charge is 0.306 e. The molecule has 1 aromatic rings. The molecule has 0 aromatic heterocycles. The minimum absolute atomic E-state index is 0.224. The van der Waals surface area contributed by atoms with Gasteiger partial charge in [0.2, 0.25) is 0 Å². The highest BCUT2D eigenvalue weighted by atomic mass is 16.5. The lowest BCUT2D eigenvalue weighted by atomic mass is 9.87. The molecule has 0 radical (unpaired) electrons. The normalized spacial score (nSPS) is 13.2. The Hall–Kier alpha value is -2.24. The summed E-state index contributed by atoms with van der Waals surface area (Å²) in [5.74, 6) is -1.82. The van der Waals surface area contributed by atoms with Crippen LogP contribution in [-0.4, -0.2) is 38.2 Å². The number of carboxylic acids is 1. The number of ketones is 1. The van der Waals surface area contributed by atoms with E-state index in [4.69, 9.17) is 19.3 Å². The first-order valence-corrected chi connectivity index (χ1v) is 6.44. The summed E-state index contributed by atoms with van der Waals surface area (Å²) in [5.41, 5.74) is 0.224. The van der Waals surface area contributed by atoms with Crippen LogP contribution in [0.2, 0.25) is 0 Å². The Kier molecular flexibility index (Phi) is 5.58. The topological polar surface area (TPSA) is 82.1 Å². The van der Waals surface area contributed by atoms with Crippen LogP contribution in [0.5, 0.6) is 17.2 Å². The van der Waals surface area contributed by atoms with Gasteiger partial charge in [0.15, 0.2) is 5.78 Å². The first kappa shape index (κ1) is 16.8. The Labute approximate surface area is 123 Å². The molecular weight excluding hydrogens is 276 g/mol. The Morgan fingerprint density at radius 3 is 1.76 bits per heavy atom. The van der Waals surface area contributed by atoms with Crippen LogP contribution in [0.15, 0.2) is 12.1 Å². The second kappa shape index (κ2) is 6.97. The average molecular weight is 296 g/mol. The number of ether oxygens (including phenoxy) is 3. The van der Waals surface area contributed by atoms with Gasteiger partial charge in [0.1, 0.15) is 22.8 Å². The van der Waals surface area contributed by atoms with Crippen molar-refractivity contribution in [1.29, 1.82) is 0 Å². The third kappa shape index (κ3) is 3.45. The van der Waals surface area contributed by atoms with Crippen molar-refractivity contribution < 1.29 is 28.9 Å². The molecule has 0 heterocycles. The maximum atomic E-state index is 12.6. The highest BCUT2D eigenvalue weighted by Crippen LogP contribution is 2.36. The lowest BCUT2D eigenvalue weighted by Crippen LogP contribution is -2.26. The molecule has 1 rings (SSSR count). The minimum atomic E-state index is -1.03. The van der Waals surface area contributed by atoms with Gasteiger partial charge < -0.3 is 19.3 Å². The van der Waals surface area contributed by atoms with E-state index in [-0.39, 0.29) is 11.3 Å². The molecule has 21 heavy (non-hydrogen) atoms. The van der Waals surface area contributed by atoms with Gasteiger partial charge in [-0.25, -0.2) is 0 Å². The van der Waals surface area contributed by atoms with Crippen molar-refractivity contribution >= 4 is 11.8 Å². The summed E-state index contributed by atoms with van der Waals surface area (Å²) in [6.45, 7) is 3.07. The summed E-state index contributed by atoms with van der Waals surface area (Å²) in [6, 6.07) is 3.13. The first-order chi connectivity index (χ1) is 9.87. The molecule has 0 aliphatic heterocycles. The van der Waals surface area contributed by atoms with Gasteiger partial charge >= 0.3 is 5.97 Å². The largest absolute Gasteiger partial charge is 0.496 e. The van der Waals surface area contributed by atoms with Crippen molar-refractivity contribution in [1.82, 2.24) is 0 Å². The van der Waals surface area contributed by atoms with Crippen LogP contribution < -0.4 is 14.2 Å². The van der Waals surface area contributed by atoms with Gasteiger partial charge in [-0.15, -0.1) is 0 Å². The Bertz CT molecular complexity index is 512. The van der Waals surface area contributed by atoms with Gasteiger partial charge in [-0.2, -0.15) is 0 Å². The molecule has 0 aliphatic rings. The van der Waals surface area contributed by atoms with Crippen LogP contribution in [0.1, 0.15) is 24.2 Å². The number of carbonyl (C=O) groups is 2. The quantitative estimate of drug-likeness (QED) is 0.777. The molecule has 1 aromatic carbocycles. The van der Waals surface area contributed by atoms with Gasteiger partial charge in [0, 0.05) is 18.1 Å². The van der Waals surface area contributed by atoms with E-state index < -0.39 is 17.8 Å². The van der Waals surface area contributed by atoms with Crippen molar-refractivity contribution in [3.63, 3.8) is 0 Å². The lowest BCUT2D eigenvalue weighted by molar-refractivity contribution is -0.142. The van der Waals surface area contributed by atoms with Crippen LogP contribution in [0.25, 0.3) is 0 Å². The second-order valence-corrected chi connectivity index (χ2v) is 4.69. The van der Waals surface area contributed by atoms with Crippen LogP contribution >= 0.6 is 0 Å². The molecule has 116 valence electrons. The zero-order valence-electron chi connectivity index (χ0n) is 12.8. The molecular formula is C15H20O6. The van der Waals surface area contributed by atoms with Crippen LogP contribution in [0.3, 0.4) is 0 Å². The van der Waals surface area contributed by atoms with E-state index in [0.717, 1.165) is 0 Å². The van der Waals surface area contributed by atoms with Gasteiger partial charge in [0.05, 0.1) is 27.2 Å². The predicted molar refractivity (Wildman–Crippen MR) is 76.4 cm³/mol. The van der Waals surface area contributed by atoms with E-state index in [1.54, 1.807) is 19.1 Å². The molecule has 0 fully saturated rings. The third-order valence-corrected chi connectivity index (χ3v) is 3.51. The SMILES string of the molecule is COc1cc(OC)c(C(=O)C(C)C(C)C(=O)O)c(OC)c1. The number of carbonyl (C=O) groups excluding carboxylic acids is 1. The summed E-state index contributed by atoms with van der Waals surface area (Å²) in [6.07, 6.45) is 0. The van der Waals surface area contributed by atoms with E-state index in [1.807, 2.05) is 0 Å². The third-order valence-electron chi connectivity index (χ3n) is 3.51. The van der Waals surface area contributed by atoms with E-state index in [0.29, 0.717) is 17.2 Å². The fourth-order valence-electron chi connectivity index (χ4n) is 1.92. The number of Topliss-reactive ketones (excluding diaryl/α,β-unsaturated/α-hetero) is 1. The van der Waals surface area contributed by atoms with Gasteiger partial charge in [-0.1, -0.05) is 13.8 Å². The van der Waals surface area contributed by atoms with E-state index in [9.17, 15) is 9.59 Å². The Balaban J connectivity index is 3.33. The number of carboxylic acid groups (broad SMARTS) is 1. The number of aliphatic carboxylic acids is 1. The van der Waals surface area contributed by atoms with E-state index in [2.05, 4.69) is 0 Å². The molecule has 0 saturated heterocycles. The van der Waals surface area contributed by atoms with Crippen molar-refractivity contribution in [2.45, 2.75) is 13.8 Å². The van der Waals surface area contributed by atoms with Crippen molar-refractivity contribution in [3.8, 4) is 17.2 Å². The number of methoxy groups -OCH3 is 3. The maximum absolute atomic E-state index is 12.6. The Morgan fingerprint density at radius 1 is 0.952 bits per heavy atom. The molecule has 0 saturated carbocycles. The maximum Gasteiger partial charge on any atom is 0.306 e. The molecule has 6 heteroatoms. The monoisotopic (exact) mass is 296 g/mol. The predicted octanol–water partition coefficient (Wildman–Crippen LogP) is 2.25. The minimum Gasteiger partial charge on any atom is -0.496 e. The molecule has 0 amide bonds. The van der Waals surface area contributed by atoms with E-state index >= 15 is 0 Å². The molecule has 6 nitrogen and oxygen atoms in total. The second-order valence-electron chi connectivity index (χ2n) is 4.69. The highest BCUT2D eigenvalue weighted by Gasteiger charge is 2.31. The first-order valence-electron chi connectivity index (χ1n) is 6.44. The summed E-state index contributed by atoms with van der Waals surface area (Å²) in [7, 11) is 4.34. The van der Waals surface area contributed by atoms with E-state index in [1.165, 1.54) is 28.3 Å². The number of hydrogen-bond acceptors (Lipinski definition) is 5. The number of hydrogen-bond donors (Lipinski definition) is 1. The fourth-order valence-corrected chi connectivity index (χ4v) is 1.92. The molecule has 2 unspecified atom stereocenters. The summed E-state index contributed by atoms with van der Waals surface area (Å²) >= 11 is 0. The van der Waals surface area contributed by atoms with Crippen LogP contribution in [0, 0.1) is 11.8 Å². The summed E-state index contributed by atoms with van der Waals surface area (Å²) in [5, 5.41) is 9.05. The summed E-state index contributed by atoms with van der Waals surface area (Å²) < 4.78 is 15.5. The molecule has 2 atom stereocenters. The Morgan fingerprint density at radius 2 is 1.43 bits per heavy atom. The van der Waals surface area contributed by atoms with Gasteiger partial charge in [0.25, 0.3) is 0 Å². The lowest BCUT2D eigenvalue weighted by Gasteiger charge is -2.19. The van der Waals surface area contributed by atoms with Crippen molar-refractivity contribution in [2.75, 3.05) is 21.3 Å². The van der Waals surface area contributed by atoms with Gasteiger partial charge in [-0.05, 0) is 0 Å². The fraction of sp³-hybridized carbons (Fsp3) is 0.467. The van der Waals surface area contributed by atoms with Gasteiger partial charge in [-0.3, -0.25) is 9.59 Å². The standard InChI is InChI=1S/C15H20O6/c1-8(9(2)15(17)18)14(16)13-11(20-4)6-10(19-3)7-12(13)21-5/h6-9H,1-5H3,(H,17,18). The number of rotatable bonds is 7. The molecule has 0 bridgehead atoms. The van der Waals surface area contributed by atoms with Crippen molar-refractivity contribution in [2.24, 2.45) is 11.8 Å². The van der Waals surface area contributed by atoms with Crippen molar-refractivity contribution in [3.05, 3.63) is 17.7 Å². The average Bonchev–Trinajstić information content (AvgIpc) is 2.50. The molecule has 0 aliphatic carbocycles. The summed E-state index contributed by atoms with van der Waals surface area (Å²) in [4.78, 5) is 23.6. The molecule has 1 N–H and O–H groups in total. The molecule has 0 spiro atoms. The number of benzene rings is 1. The zero-order chi connectivity index (χ0) is 16.2.